The largest absolute Gasteiger partial charge is 0.440 e. The number of oxazole rings is 1. The fourth-order valence-corrected chi connectivity index (χ4v) is 5.98. The number of benzene rings is 2. The molecule has 0 bridgehead atoms. The van der Waals surface area contributed by atoms with Crippen LogP contribution in [0.15, 0.2) is 46.4 Å². The van der Waals surface area contributed by atoms with Gasteiger partial charge in [0.2, 0.25) is 11.8 Å². The fraction of sp³-hybridized carbons (Fsp3) is 0.448. The minimum atomic E-state index is -2.61. The number of aryl methyl sites for hydroxylation is 1. The van der Waals surface area contributed by atoms with Crippen LogP contribution in [-0.4, -0.2) is 47.3 Å². The van der Waals surface area contributed by atoms with Gasteiger partial charge in [0.15, 0.2) is 11.8 Å². The second-order valence-electron chi connectivity index (χ2n) is 11.1. The van der Waals surface area contributed by atoms with Crippen LogP contribution in [0.3, 0.4) is 0 Å². The zero-order chi connectivity index (χ0) is 26.1. The molecular formula is C29H30F2N4O2. The number of alkyl halides is 2. The molecule has 0 spiro atoms. The summed E-state index contributed by atoms with van der Waals surface area (Å²) in [6.45, 7) is 5.49. The third-order valence-electron chi connectivity index (χ3n) is 8.46. The van der Waals surface area contributed by atoms with E-state index < -0.39 is 12.2 Å². The highest BCUT2D eigenvalue weighted by Crippen LogP contribution is 2.50. The topological polar surface area (TPSA) is 76.5 Å². The van der Waals surface area contributed by atoms with E-state index in [1.54, 1.807) is 11.9 Å². The van der Waals surface area contributed by atoms with Crippen LogP contribution < -0.4 is 4.90 Å². The van der Waals surface area contributed by atoms with Gasteiger partial charge in [0.1, 0.15) is 17.2 Å². The summed E-state index contributed by atoms with van der Waals surface area (Å²) in [5.74, 6) is -2.08. The number of nitrogens with zero attached hydrogens (tertiary/aromatic N) is 4. The highest BCUT2D eigenvalue weighted by Gasteiger charge is 2.46. The van der Waals surface area contributed by atoms with Gasteiger partial charge in [0.25, 0.3) is 0 Å². The van der Waals surface area contributed by atoms with E-state index in [2.05, 4.69) is 17.9 Å². The van der Waals surface area contributed by atoms with Crippen molar-refractivity contribution in [2.24, 2.45) is 0 Å². The third-order valence-corrected chi connectivity index (χ3v) is 8.46. The first-order chi connectivity index (χ1) is 17.6. The molecule has 8 heteroatoms. The van der Waals surface area contributed by atoms with Crippen LogP contribution in [0, 0.1) is 18.3 Å². The highest BCUT2D eigenvalue weighted by atomic mass is 19.3. The standard InChI is InChI=1S/C29H30F2N4O2/c1-17-4-7-24-22(12-17)33-27(37-24)28(2)8-10-35(11-9-28)25-20-13-18(19-14-29(30,31)15-19)5-6-23(20)34(3)26(36)21(25)16-32/h4-7,12-13,19,26,36H,8-11,14-15H2,1-3H3. The van der Waals surface area contributed by atoms with E-state index in [0.29, 0.717) is 18.8 Å². The van der Waals surface area contributed by atoms with Crippen LogP contribution in [-0.2, 0) is 5.41 Å². The van der Waals surface area contributed by atoms with E-state index in [4.69, 9.17) is 9.40 Å². The Kier molecular flexibility index (Phi) is 5.36. The Morgan fingerprint density at radius 3 is 2.54 bits per heavy atom. The summed E-state index contributed by atoms with van der Waals surface area (Å²) in [5.41, 5.74) is 5.95. The van der Waals surface area contributed by atoms with Gasteiger partial charge in [-0.15, -0.1) is 0 Å². The first kappa shape index (κ1) is 23.9. The molecule has 2 fully saturated rings. The lowest BCUT2D eigenvalue weighted by Gasteiger charge is -2.44. The quantitative estimate of drug-likeness (QED) is 0.493. The van der Waals surface area contributed by atoms with Gasteiger partial charge in [-0.2, -0.15) is 5.26 Å². The van der Waals surface area contributed by atoms with Crippen molar-refractivity contribution in [3.05, 3.63) is 64.6 Å². The van der Waals surface area contributed by atoms with Gasteiger partial charge in [-0.1, -0.05) is 19.1 Å². The number of aromatic nitrogens is 1. The van der Waals surface area contributed by atoms with Crippen molar-refractivity contribution in [3.8, 4) is 6.07 Å². The minimum Gasteiger partial charge on any atom is -0.440 e. The molecule has 1 saturated heterocycles. The number of fused-ring (bicyclic) bond motifs is 2. The number of anilines is 1. The molecule has 1 unspecified atom stereocenters. The maximum atomic E-state index is 13.6. The van der Waals surface area contributed by atoms with Gasteiger partial charge >= 0.3 is 0 Å². The molecule has 1 aliphatic carbocycles. The summed E-state index contributed by atoms with van der Waals surface area (Å²) in [7, 11) is 1.75. The third kappa shape index (κ3) is 3.88. The maximum absolute atomic E-state index is 13.6. The number of halogens is 2. The van der Waals surface area contributed by atoms with Gasteiger partial charge in [-0.3, -0.25) is 0 Å². The smallest absolute Gasteiger partial charge is 0.249 e. The molecule has 1 N–H and O–H groups in total. The summed E-state index contributed by atoms with van der Waals surface area (Å²) >= 11 is 0. The summed E-state index contributed by atoms with van der Waals surface area (Å²) in [6.07, 6.45) is 0.147. The van der Waals surface area contributed by atoms with Crippen molar-refractivity contribution >= 4 is 22.5 Å². The van der Waals surface area contributed by atoms with Crippen LogP contribution in [0.1, 0.15) is 61.1 Å². The van der Waals surface area contributed by atoms with Crippen molar-refractivity contribution in [3.63, 3.8) is 0 Å². The van der Waals surface area contributed by atoms with E-state index in [0.717, 1.165) is 52.2 Å². The molecule has 37 heavy (non-hydrogen) atoms. The number of hydrogen-bond donors (Lipinski definition) is 1. The molecule has 3 aliphatic rings. The fourth-order valence-electron chi connectivity index (χ4n) is 5.98. The first-order valence-electron chi connectivity index (χ1n) is 12.8. The number of likely N-dealkylation sites (tertiary alicyclic amines) is 1. The predicted octanol–water partition coefficient (Wildman–Crippen LogP) is 5.71. The lowest BCUT2D eigenvalue weighted by atomic mass is 9.75. The van der Waals surface area contributed by atoms with Crippen molar-refractivity contribution < 1.29 is 18.3 Å². The van der Waals surface area contributed by atoms with Crippen LogP contribution in [0.5, 0.6) is 0 Å². The number of aliphatic hydroxyl groups is 1. The van der Waals surface area contributed by atoms with Gasteiger partial charge in [-0.05, 0) is 61.1 Å². The van der Waals surface area contributed by atoms with E-state index in [1.807, 2.05) is 43.3 Å². The van der Waals surface area contributed by atoms with Crippen LogP contribution in [0.2, 0.25) is 0 Å². The lowest BCUT2D eigenvalue weighted by Crippen LogP contribution is -2.44. The van der Waals surface area contributed by atoms with Crippen LogP contribution >= 0.6 is 0 Å². The Labute approximate surface area is 214 Å². The number of piperidine rings is 1. The molecule has 2 aliphatic heterocycles. The Morgan fingerprint density at radius 2 is 1.86 bits per heavy atom. The van der Waals surface area contributed by atoms with Gasteiger partial charge in [0, 0.05) is 49.6 Å². The van der Waals surface area contributed by atoms with Crippen LogP contribution in [0.4, 0.5) is 14.5 Å². The van der Waals surface area contributed by atoms with E-state index in [1.165, 1.54) is 0 Å². The number of nitriles is 1. The Hall–Kier alpha value is -3.44. The van der Waals surface area contributed by atoms with Crippen molar-refractivity contribution in [1.29, 1.82) is 5.26 Å². The lowest BCUT2D eigenvalue weighted by molar-refractivity contribution is -0.0867. The molecule has 1 aromatic heterocycles. The number of likely N-dealkylation sites (N-methyl/N-ethyl adjacent to an activating group) is 1. The molecule has 192 valence electrons. The average Bonchev–Trinajstić information content (AvgIpc) is 3.29. The molecule has 3 heterocycles. The molecule has 6 rings (SSSR count). The van der Waals surface area contributed by atoms with Crippen molar-refractivity contribution in [1.82, 2.24) is 9.88 Å². The zero-order valence-electron chi connectivity index (χ0n) is 21.3. The molecule has 1 saturated carbocycles. The van der Waals surface area contributed by atoms with E-state index in [9.17, 15) is 19.1 Å². The van der Waals surface area contributed by atoms with Crippen molar-refractivity contribution in [2.75, 3.05) is 25.0 Å². The Bertz CT molecular complexity index is 1450. The monoisotopic (exact) mass is 504 g/mol. The summed E-state index contributed by atoms with van der Waals surface area (Å²) < 4.78 is 33.3. The summed E-state index contributed by atoms with van der Waals surface area (Å²) in [5, 5.41) is 21.0. The molecule has 0 amide bonds. The summed E-state index contributed by atoms with van der Waals surface area (Å²) in [6, 6.07) is 13.9. The Morgan fingerprint density at radius 1 is 1.14 bits per heavy atom. The van der Waals surface area contributed by atoms with Gasteiger partial charge in [0.05, 0.1) is 5.70 Å². The first-order valence-corrected chi connectivity index (χ1v) is 12.8. The second kappa shape index (κ2) is 8.29. The summed E-state index contributed by atoms with van der Waals surface area (Å²) in [4.78, 5) is 8.62. The maximum Gasteiger partial charge on any atom is 0.249 e. The molecular weight excluding hydrogens is 474 g/mol. The van der Waals surface area contributed by atoms with Crippen molar-refractivity contribution in [2.45, 2.75) is 63.0 Å². The number of aliphatic hydroxyl groups excluding tert-OH is 1. The number of hydrogen-bond acceptors (Lipinski definition) is 6. The normalized spacial score (nSPS) is 23.1. The molecule has 6 nitrogen and oxygen atoms in total. The predicted molar refractivity (Wildman–Crippen MR) is 137 cm³/mol. The Balaban J connectivity index is 1.32. The second-order valence-corrected chi connectivity index (χ2v) is 11.1. The van der Waals surface area contributed by atoms with E-state index in [-0.39, 0.29) is 29.7 Å². The average molecular weight is 505 g/mol. The molecule has 2 aromatic carbocycles. The minimum absolute atomic E-state index is 0.152. The highest BCUT2D eigenvalue weighted by molar-refractivity contribution is 5.84. The van der Waals surface area contributed by atoms with Crippen LogP contribution in [0.25, 0.3) is 16.8 Å². The van der Waals surface area contributed by atoms with Gasteiger partial charge < -0.3 is 19.3 Å². The molecule has 3 aromatic rings. The molecule has 1 atom stereocenters. The van der Waals surface area contributed by atoms with E-state index >= 15 is 0 Å². The number of rotatable bonds is 3. The molecule has 0 radical (unpaired) electrons. The SMILES string of the molecule is Cc1ccc2oc(C3(C)CCN(C4=C(C#N)C(O)N(C)c5ccc(C6CC(F)(F)C6)cc54)CC3)nc2c1. The van der Waals surface area contributed by atoms with Gasteiger partial charge in [-0.25, -0.2) is 13.8 Å². The zero-order valence-corrected chi connectivity index (χ0v) is 21.3.